The summed E-state index contributed by atoms with van der Waals surface area (Å²) in [6.07, 6.45) is 8.46. The molecule has 0 saturated heterocycles. The van der Waals surface area contributed by atoms with Gasteiger partial charge in [-0.15, -0.1) is 18.0 Å². The Morgan fingerprint density at radius 1 is 1.18 bits per heavy atom. The molecule has 428 valence electrons. The minimum Gasteiger partial charge on any atom is -0.481 e. The zero-order valence-corrected chi connectivity index (χ0v) is 48.2. The number of nitro benzene ring substituents is 1. The van der Waals surface area contributed by atoms with Gasteiger partial charge in [-0.25, -0.2) is 17.8 Å². The van der Waals surface area contributed by atoms with Gasteiger partial charge < -0.3 is 34.7 Å². The predicted octanol–water partition coefficient (Wildman–Crippen LogP) is 6.23. The number of carboxylic acid groups (broad SMARTS) is 1. The number of hydrogen-bond acceptors (Lipinski definition) is 17. The van der Waals surface area contributed by atoms with Crippen LogP contribution in [0.4, 0.5) is 27.1 Å². The lowest BCUT2D eigenvalue weighted by Crippen LogP contribution is -2.43. The third-order valence-electron chi connectivity index (χ3n) is 12.4. The number of methoxy groups -OCH3 is 1. The van der Waals surface area contributed by atoms with Gasteiger partial charge >= 0.3 is 5.97 Å². The van der Waals surface area contributed by atoms with E-state index in [2.05, 4.69) is 42.1 Å². The van der Waals surface area contributed by atoms with Gasteiger partial charge in [-0.3, -0.25) is 48.3 Å². The topological polar surface area (TPSA) is 318 Å². The van der Waals surface area contributed by atoms with E-state index < -0.39 is 74.5 Å². The zero-order chi connectivity index (χ0) is 59.3. The van der Waals surface area contributed by atoms with Crippen molar-refractivity contribution in [2.75, 3.05) is 61.6 Å². The number of nitrogens with zero attached hydrogens (tertiary/aromatic N) is 6. The van der Waals surface area contributed by atoms with E-state index in [-0.39, 0.29) is 78.3 Å². The number of ketones is 3. The smallest absolute Gasteiger partial charge is 0.320 e. The molecule has 3 atom stereocenters. The standard InChI is InChI=1S/C18H17FN4O2S.C15H22ClNO2.C14H13NO7S.C5H12NO4P/c1-4-5-22-13-7-12(11(19)6-14(13)25-9-16(22)24)20-17-23-10-18(2,3)8-15(23)21-26-17;1-5-13-8-6-7-11(2)15(13)17(14(18)9-16)12(3)10-19-4;1-23(21,22)8-5-6-9(10(7-8)15(19)20)14(18)13-11(16)3-2-4-12(13)17;1-11(9,10)3-2-4(6)5(7)8/h1,6-7H,5,8-10H2,2-3H3;6-8,12H,5,9-10H2,1-4H3;5-7,13H,2-4H2,1H3;4H,2-3,6H2,1H3,(H,7,8)(H,9,10). The number of ether oxygens (including phenoxy) is 2. The van der Waals surface area contributed by atoms with Crippen molar-refractivity contribution in [2.45, 2.75) is 96.7 Å². The molecule has 22 nitrogen and oxygen atoms in total. The summed E-state index contributed by atoms with van der Waals surface area (Å²) in [5.41, 5.74) is 7.81. The second-order valence-corrected chi connectivity index (χ2v) is 25.2. The highest BCUT2D eigenvalue weighted by molar-refractivity contribution is 7.90. The summed E-state index contributed by atoms with van der Waals surface area (Å²) in [7, 11) is -5.16. The second kappa shape index (κ2) is 28.1. The maximum Gasteiger partial charge on any atom is 0.320 e. The van der Waals surface area contributed by atoms with Gasteiger partial charge in [0.15, 0.2) is 47.0 Å². The SMILES string of the molecule is C#CCN1C(=O)COc2cc(F)c(N=c3snc4n3CC(C)(C)C4)cc21.CCc1cccc(C)c1N(C(=O)CCl)C(C)COC.CP(=O)(O)CCC(N)C(=O)O.CS(=O)(=O)c1ccc(C(=O)C2C(=O)CCCC2=O)c([N+](=O)[O-])c1. The van der Waals surface area contributed by atoms with Gasteiger partial charge in [0.05, 0.1) is 46.0 Å². The van der Waals surface area contributed by atoms with Gasteiger partial charge in [0.1, 0.15) is 35.1 Å². The summed E-state index contributed by atoms with van der Waals surface area (Å²) in [5.74, 6) is -1.94. The van der Waals surface area contributed by atoms with E-state index in [1.165, 1.54) is 35.2 Å². The Balaban J connectivity index is 0.000000236. The van der Waals surface area contributed by atoms with E-state index in [1.807, 2.05) is 30.5 Å². The molecule has 7 rings (SSSR count). The number of halogens is 2. The van der Waals surface area contributed by atoms with Crippen molar-refractivity contribution < 1.29 is 70.5 Å². The van der Waals surface area contributed by atoms with Crippen LogP contribution in [0.15, 0.2) is 58.4 Å². The Kier molecular flexibility index (Phi) is 23.1. The number of nitrogens with two attached hydrogens (primary N) is 1. The molecule has 1 fully saturated rings. The first kappa shape index (κ1) is 65.0. The summed E-state index contributed by atoms with van der Waals surface area (Å²) in [6, 6.07) is 10.6. The molecule has 4 aromatic rings. The molecule has 0 bridgehead atoms. The number of para-hydroxylation sites is 1. The quantitative estimate of drug-likeness (QED) is 0.0213. The van der Waals surface area contributed by atoms with Crippen LogP contribution in [0.5, 0.6) is 5.75 Å². The number of amides is 2. The van der Waals surface area contributed by atoms with E-state index in [9.17, 15) is 56.3 Å². The van der Waals surface area contributed by atoms with Crippen molar-refractivity contribution in [1.29, 1.82) is 0 Å². The van der Waals surface area contributed by atoms with Crippen LogP contribution in [0.2, 0.25) is 0 Å². The number of aliphatic carboxylic acids is 1. The Morgan fingerprint density at radius 2 is 1.84 bits per heavy atom. The number of carboxylic acids is 1. The number of fused-ring (bicyclic) bond motifs is 2. The predicted molar refractivity (Wildman–Crippen MR) is 295 cm³/mol. The van der Waals surface area contributed by atoms with Gasteiger partial charge in [0, 0.05) is 75.7 Å². The number of Topliss-reactive ketones (excluding diaryl/α,β-unsaturated/α-hetero) is 3. The van der Waals surface area contributed by atoms with E-state index in [0.717, 1.165) is 66.5 Å². The van der Waals surface area contributed by atoms with Crippen molar-refractivity contribution in [3.05, 3.63) is 91.8 Å². The first-order valence-electron chi connectivity index (χ1n) is 24.5. The first-order valence-corrected chi connectivity index (χ1v) is 30.0. The molecule has 3 heterocycles. The molecule has 4 N–H and O–H groups in total. The Bertz CT molecular complexity index is 3250. The monoisotopic (exact) mass is 1180 g/mol. The van der Waals surface area contributed by atoms with Gasteiger partial charge in [-0.2, -0.15) is 4.37 Å². The van der Waals surface area contributed by atoms with Crippen molar-refractivity contribution in [1.82, 2.24) is 8.94 Å². The molecule has 2 aliphatic heterocycles. The molecule has 3 aromatic carbocycles. The number of carbonyl (C=O) groups is 6. The van der Waals surface area contributed by atoms with Gasteiger partial charge in [-0.1, -0.05) is 44.9 Å². The Hall–Kier alpha value is -6.52. The lowest BCUT2D eigenvalue weighted by molar-refractivity contribution is -0.385. The van der Waals surface area contributed by atoms with Crippen LogP contribution in [-0.2, 0) is 62.5 Å². The number of benzene rings is 3. The Labute approximate surface area is 465 Å². The number of hydrogen-bond donors (Lipinski definition) is 3. The maximum absolute atomic E-state index is 14.5. The minimum atomic E-state index is -3.70. The van der Waals surface area contributed by atoms with Crippen molar-refractivity contribution in [3.63, 3.8) is 0 Å². The lowest BCUT2D eigenvalue weighted by Gasteiger charge is -2.31. The van der Waals surface area contributed by atoms with Crippen molar-refractivity contribution in [3.8, 4) is 18.1 Å². The van der Waals surface area contributed by atoms with Crippen molar-refractivity contribution in [2.24, 2.45) is 22.1 Å². The molecule has 79 heavy (non-hydrogen) atoms. The lowest BCUT2D eigenvalue weighted by atomic mass is 9.81. The molecule has 3 aliphatic rings. The molecule has 1 aromatic heterocycles. The van der Waals surface area contributed by atoms with Crippen LogP contribution in [0.1, 0.15) is 80.7 Å². The van der Waals surface area contributed by atoms with Crippen LogP contribution in [0.3, 0.4) is 0 Å². The average molecular weight is 1180 g/mol. The van der Waals surface area contributed by atoms with Crippen LogP contribution in [0.25, 0.3) is 0 Å². The van der Waals surface area contributed by atoms with E-state index in [0.29, 0.717) is 29.3 Å². The van der Waals surface area contributed by atoms with Gasteiger partial charge in [0.25, 0.3) is 11.6 Å². The summed E-state index contributed by atoms with van der Waals surface area (Å²) >= 11 is 7.00. The average Bonchev–Trinajstić information content (AvgIpc) is 3.97. The fourth-order valence-corrected chi connectivity index (χ4v) is 10.8. The fourth-order valence-electron chi connectivity index (χ4n) is 8.52. The van der Waals surface area contributed by atoms with E-state index in [4.69, 9.17) is 43.2 Å². The molecule has 1 aliphatic carbocycles. The molecule has 0 spiro atoms. The number of rotatable bonds is 16. The second-order valence-electron chi connectivity index (χ2n) is 19.6. The fraction of sp³-hybridized carbons (Fsp3) is 0.462. The van der Waals surface area contributed by atoms with Gasteiger partial charge in [0.2, 0.25) is 10.7 Å². The van der Waals surface area contributed by atoms with E-state index >= 15 is 0 Å². The number of terminal acetylenes is 1. The zero-order valence-electron chi connectivity index (χ0n) is 44.9. The van der Waals surface area contributed by atoms with Gasteiger partial charge in [-0.05, 0) is 67.9 Å². The Morgan fingerprint density at radius 3 is 2.39 bits per heavy atom. The number of carbonyl (C=O) groups excluding carboxylic acids is 5. The number of sulfone groups is 1. The third-order valence-corrected chi connectivity index (χ3v) is 15.6. The number of alkyl halides is 1. The molecule has 0 radical (unpaired) electrons. The van der Waals surface area contributed by atoms with Crippen molar-refractivity contribution >= 4 is 98.2 Å². The molecular formula is C52H64ClFN7O15PS2. The number of nitro groups is 1. The molecule has 2 amide bonds. The highest BCUT2D eigenvalue weighted by atomic mass is 35.5. The van der Waals surface area contributed by atoms with Crippen LogP contribution < -0.4 is 25.1 Å². The van der Waals surface area contributed by atoms with E-state index in [1.54, 1.807) is 12.0 Å². The normalized spacial score (nSPS) is 16.4. The molecule has 1 saturated carbocycles. The third kappa shape index (κ3) is 17.5. The highest BCUT2D eigenvalue weighted by Gasteiger charge is 2.39. The summed E-state index contributed by atoms with van der Waals surface area (Å²) in [4.78, 5) is 97.4. The molecule has 27 heteroatoms. The largest absolute Gasteiger partial charge is 0.481 e. The number of aryl methyl sites for hydroxylation is 2. The number of aromatic nitrogens is 2. The minimum absolute atomic E-state index is 0.0223. The summed E-state index contributed by atoms with van der Waals surface area (Å²) < 4.78 is 65.1. The summed E-state index contributed by atoms with van der Waals surface area (Å²) in [5, 5.41) is 19.4. The highest BCUT2D eigenvalue weighted by Crippen LogP contribution is 2.38. The molecule has 3 unspecified atom stereocenters. The maximum atomic E-state index is 14.5. The first-order chi connectivity index (χ1) is 36.9. The molecular weight excluding hydrogens is 1110 g/mol. The van der Waals surface area contributed by atoms with Crippen LogP contribution >= 0.6 is 30.5 Å². The number of anilines is 2. The summed E-state index contributed by atoms with van der Waals surface area (Å²) in [6.45, 7) is 12.8. The van der Waals surface area contributed by atoms with Crippen LogP contribution in [0, 0.1) is 46.5 Å². The van der Waals surface area contributed by atoms with Crippen LogP contribution in [-0.4, -0.2) is 131 Å².